The molecule has 1 aromatic rings. The van der Waals surface area contributed by atoms with Gasteiger partial charge in [0.15, 0.2) is 5.60 Å². The molecule has 3 nitrogen and oxygen atoms in total. The van der Waals surface area contributed by atoms with Crippen LogP contribution < -0.4 is 0 Å². The van der Waals surface area contributed by atoms with Crippen LogP contribution in [-0.2, 0) is 6.54 Å². The Hall–Kier alpha value is -1.07. The maximum atomic E-state index is 12.4. The summed E-state index contributed by atoms with van der Waals surface area (Å²) in [6.45, 7) is 2.59. The highest BCUT2D eigenvalue weighted by atomic mass is 19.3. The molecule has 1 aromatic heterocycles. The molecule has 0 amide bonds. The van der Waals surface area contributed by atoms with E-state index in [1.807, 2.05) is 13.0 Å². The molecule has 0 radical (unpaired) electrons. The molecular weight excluding hydrogens is 214 g/mol. The Kier molecular flexibility index (Phi) is 2.90. The third-order valence-corrected chi connectivity index (χ3v) is 2.93. The van der Waals surface area contributed by atoms with Crippen LogP contribution in [0.1, 0.15) is 11.1 Å². The minimum Gasteiger partial charge on any atom is -0.381 e. The van der Waals surface area contributed by atoms with Gasteiger partial charge in [-0.1, -0.05) is 0 Å². The smallest absolute Gasteiger partial charge is 0.269 e. The van der Waals surface area contributed by atoms with E-state index >= 15 is 0 Å². The van der Waals surface area contributed by atoms with Crippen LogP contribution in [-0.4, -0.2) is 40.1 Å². The molecule has 0 unspecified atom stereocenters. The fourth-order valence-corrected chi connectivity index (χ4v) is 1.90. The lowest BCUT2D eigenvalue weighted by Crippen LogP contribution is -2.65. The standard InChI is InChI=1S/C11H14F2N2O/c1-8-4-14-3-2-9(8)5-15-6-11(16,7-15)10(12)13/h2-4,10,16H,5-7H2,1H3. The summed E-state index contributed by atoms with van der Waals surface area (Å²) in [5, 5.41) is 9.40. The lowest BCUT2D eigenvalue weighted by atomic mass is 9.94. The zero-order chi connectivity index (χ0) is 11.8. The van der Waals surface area contributed by atoms with Gasteiger partial charge >= 0.3 is 0 Å². The van der Waals surface area contributed by atoms with E-state index in [-0.39, 0.29) is 13.1 Å². The van der Waals surface area contributed by atoms with Crippen LogP contribution in [0.4, 0.5) is 8.78 Å². The van der Waals surface area contributed by atoms with Gasteiger partial charge in [-0.3, -0.25) is 9.88 Å². The first-order chi connectivity index (χ1) is 7.51. The van der Waals surface area contributed by atoms with Gasteiger partial charge in [-0.05, 0) is 24.1 Å². The molecule has 0 atom stereocenters. The van der Waals surface area contributed by atoms with E-state index in [0.717, 1.165) is 11.1 Å². The van der Waals surface area contributed by atoms with Gasteiger partial charge in [-0.15, -0.1) is 0 Å². The number of aryl methyl sites for hydroxylation is 1. The van der Waals surface area contributed by atoms with Gasteiger partial charge in [0.1, 0.15) is 0 Å². The Bertz CT molecular complexity index is 378. The van der Waals surface area contributed by atoms with Crippen molar-refractivity contribution in [2.45, 2.75) is 25.5 Å². The third kappa shape index (κ3) is 2.05. The zero-order valence-corrected chi connectivity index (χ0v) is 9.03. The normalized spacial score (nSPS) is 19.8. The summed E-state index contributed by atoms with van der Waals surface area (Å²) in [6, 6.07) is 1.87. The number of aliphatic hydroxyl groups is 1. The highest BCUT2D eigenvalue weighted by Crippen LogP contribution is 2.29. The van der Waals surface area contributed by atoms with E-state index in [1.165, 1.54) is 0 Å². The van der Waals surface area contributed by atoms with E-state index < -0.39 is 12.0 Å². The summed E-state index contributed by atoms with van der Waals surface area (Å²) in [6.07, 6.45) is 0.762. The Labute approximate surface area is 92.7 Å². The first kappa shape index (κ1) is 11.4. The second kappa shape index (κ2) is 4.07. The number of nitrogens with zero attached hydrogens (tertiary/aromatic N) is 2. The van der Waals surface area contributed by atoms with E-state index in [1.54, 1.807) is 17.3 Å². The van der Waals surface area contributed by atoms with Crippen molar-refractivity contribution in [1.29, 1.82) is 0 Å². The molecular formula is C11H14F2N2O. The minimum absolute atomic E-state index is 0.0342. The fraction of sp³-hybridized carbons (Fsp3) is 0.545. The Morgan fingerprint density at radius 2 is 2.25 bits per heavy atom. The molecule has 2 rings (SSSR count). The minimum atomic E-state index is -2.66. The molecule has 1 aliphatic heterocycles. The number of pyridine rings is 1. The summed E-state index contributed by atoms with van der Waals surface area (Å²) in [4.78, 5) is 5.77. The number of halogens is 2. The zero-order valence-electron chi connectivity index (χ0n) is 9.03. The topological polar surface area (TPSA) is 36.4 Å². The van der Waals surface area contributed by atoms with Crippen molar-refractivity contribution in [2.24, 2.45) is 0 Å². The first-order valence-electron chi connectivity index (χ1n) is 5.14. The highest BCUT2D eigenvalue weighted by molar-refractivity contribution is 5.22. The van der Waals surface area contributed by atoms with Crippen molar-refractivity contribution in [3.05, 3.63) is 29.6 Å². The second-order valence-electron chi connectivity index (χ2n) is 4.35. The van der Waals surface area contributed by atoms with Crippen molar-refractivity contribution < 1.29 is 13.9 Å². The molecule has 0 spiro atoms. The Morgan fingerprint density at radius 1 is 1.56 bits per heavy atom. The number of aromatic nitrogens is 1. The number of rotatable bonds is 3. The Morgan fingerprint density at radius 3 is 2.81 bits per heavy atom. The monoisotopic (exact) mass is 228 g/mol. The van der Waals surface area contributed by atoms with Gasteiger partial charge in [-0.25, -0.2) is 8.78 Å². The maximum absolute atomic E-state index is 12.4. The predicted molar refractivity (Wildman–Crippen MR) is 55.2 cm³/mol. The van der Waals surface area contributed by atoms with Gasteiger partial charge in [0, 0.05) is 32.0 Å². The molecule has 0 saturated carbocycles. The molecule has 88 valence electrons. The lowest BCUT2D eigenvalue weighted by Gasteiger charge is -2.45. The Balaban J connectivity index is 1.93. The third-order valence-electron chi connectivity index (χ3n) is 2.93. The largest absolute Gasteiger partial charge is 0.381 e. The van der Waals surface area contributed by atoms with Gasteiger partial charge in [-0.2, -0.15) is 0 Å². The van der Waals surface area contributed by atoms with Crippen molar-refractivity contribution >= 4 is 0 Å². The van der Waals surface area contributed by atoms with Crippen LogP contribution in [0.15, 0.2) is 18.5 Å². The number of likely N-dealkylation sites (tertiary alicyclic amines) is 1. The summed E-state index contributed by atoms with van der Waals surface area (Å²) in [5.74, 6) is 0. The molecule has 1 fully saturated rings. The van der Waals surface area contributed by atoms with Crippen molar-refractivity contribution in [2.75, 3.05) is 13.1 Å². The molecule has 0 aromatic carbocycles. The molecule has 1 saturated heterocycles. The van der Waals surface area contributed by atoms with Crippen molar-refractivity contribution in [3.8, 4) is 0 Å². The number of alkyl halides is 2. The number of hydrogen-bond acceptors (Lipinski definition) is 3. The van der Waals surface area contributed by atoms with E-state index in [4.69, 9.17) is 0 Å². The SMILES string of the molecule is Cc1cnccc1CN1CC(O)(C(F)F)C1. The predicted octanol–water partition coefficient (Wildman–Crippen LogP) is 1.20. The number of hydrogen-bond donors (Lipinski definition) is 1. The van der Waals surface area contributed by atoms with Gasteiger partial charge in [0.05, 0.1) is 0 Å². The highest BCUT2D eigenvalue weighted by Gasteiger charge is 2.48. The number of β-amino-alcohol motifs (C(OH)–C–C–N with tert-alkyl or cyclic N) is 1. The van der Waals surface area contributed by atoms with E-state index in [0.29, 0.717) is 6.54 Å². The fourth-order valence-electron chi connectivity index (χ4n) is 1.90. The van der Waals surface area contributed by atoms with Crippen LogP contribution in [0.25, 0.3) is 0 Å². The van der Waals surface area contributed by atoms with Crippen LogP contribution in [0, 0.1) is 6.92 Å². The molecule has 1 aliphatic rings. The maximum Gasteiger partial charge on any atom is 0.269 e. The molecule has 0 aliphatic carbocycles. The average Bonchev–Trinajstić information content (AvgIpc) is 2.18. The van der Waals surface area contributed by atoms with Crippen LogP contribution in [0.3, 0.4) is 0 Å². The molecule has 5 heteroatoms. The van der Waals surface area contributed by atoms with E-state index in [2.05, 4.69) is 4.98 Å². The van der Waals surface area contributed by atoms with Crippen molar-refractivity contribution in [3.63, 3.8) is 0 Å². The molecule has 0 bridgehead atoms. The quantitative estimate of drug-likeness (QED) is 0.844. The molecule has 2 heterocycles. The lowest BCUT2D eigenvalue weighted by molar-refractivity contribution is -0.182. The first-order valence-corrected chi connectivity index (χ1v) is 5.14. The van der Waals surface area contributed by atoms with Gasteiger partial charge in [0.2, 0.25) is 0 Å². The van der Waals surface area contributed by atoms with E-state index in [9.17, 15) is 13.9 Å². The summed E-state index contributed by atoms with van der Waals surface area (Å²) in [7, 11) is 0. The molecule has 16 heavy (non-hydrogen) atoms. The van der Waals surface area contributed by atoms with Crippen LogP contribution in [0.2, 0.25) is 0 Å². The van der Waals surface area contributed by atoms with Crippen molar-refractivity contribution in [1.82, 2.24) is 9.88 Å². The summed E-state index contributed by atoms with van der Waals surface area (Å²) < 4.78 is 24.7. The van der Waals surface area contributed by atoms with Crippen LogP contribution in [0.5, 0.6) is 0 Å². The summed E-state index contributed by atoms with van der Waals surface area (Å²) >= 11 is 0. The van der Waals surface area contributed by atoms with Gasteiger partial charge in [0.25, 0.3) is 6.43 Å². The molecule has 1 N–H and O–H groups in total. The second-order valence-corrected chi connectivity index (χ2v) is 4.35. The van der Waals surface area contributed by atoms with Gasteiger partial charge < -0.3 is 5.11 Å². The van der Waals surface area contributed by atoms with Crippen LogP contribution >= 0.6 is 0 Å². The average molecular weight is 228 g/mol. The summed E-state index contributed by atoms with van der Waals surface area (Å²) in [5.41, 5.74) is 0.294.